The lowest BCUT2D eigenvalue weighted by Crippen LogP contribution is -2.58. The number of hydrogen-bond donors (Lipinski definition) is 4. The van der Waals surface area contributed by atoms with Gasteiger partial charge in [-0.25, -0.2) is 0 Å². The molecule has 1 fully saturated rings. The largest absolute Gasteiger partial charge is 0.344 e. The molecule has 0 unspecified atom stereocenters. The van der Waals surface area contributed by atoms with Gasteiger partial charge >= 0.3 is 0 Å². The maximum Gasteiger partial charge on any atom is 0.243 e. The summed E-state index contributed by atoms with van der Waals surface area (Å²) in [5, 5.41) is 11.8. The van der Waals surface area contributed by atoms with E-state index in [1.807, 2.05) is 114 Å². The van der Waals surface area contributed by atoms with Gasteiger partial charge in [0.25, 0.3) is 0 Å². The topological polar surface area (TPSA) is 137 Å². The average molecular weight is 704 g/mol. The summed E-state index contributed by atoms with van der Waals surface area (Å²) in [6.45, 7) is 10.6. The molecule has 2 aromatic carbocycles. The Morgan fingerprint density at radius 1 is 0.667 bits per heavy atom. The molecule has 2 aromatic rings. The molecule has 4 amide bonds. The van der Waals surface area contributed by atoms with Crippen molar-refractivity contribution in [3.05, 3.63) is 71.8 Å². The maximum atomic E-state index is 14.1. The Hall–Kier alpha value is -4.05. The zero-order valence-electron chi connectivity index (χ0n) is 31.8. The molecule has 3 rings (SSSR count). The minimum atomic E-state index is -0.980. The van der Waals surface area contributed by atoms with E-state index in [4.69, 9.17) is 0 Å². The Bertz CT molecular complexity index is 1420. The summed E-state index contributed by atoms with van der Waals surface area (Å²) in [4.78, 5) is 70.3. The molecule has 10 nitrogen and oxygen atoms in total. The molecular weight excluding hydrogens is 642 g/mol. The second kappa shape index (κ2) is 20.1. The number of amides is 4. The molecule has 10 heteroatoms. The molecule has 51 heavy (non-hydrogen) atoms. The van der Waals surface area contributed by atoms with Gasteiger partial charge in [-0.1, -0.05) is 95.3 Å². The minimum absolute atomic E-state index is 0.0320. The van der Waals surface area contributed by atoms with Crippen LogP contribution < -0.4 is 21.3 Å². The summed E-state index contributed by atoms with van der Waals surface area (Å²) in [5.41, 5.74) is 1.46. The van der Waals surface area contributed by atoms with Gasteiger partial charge in [-0.05, 0) is 88.5 Å². The summed E-state index contributed by atoms with van der Waals surface area (Å²) in [6, 6.07) is 15.7. The van der Waals surface area contributed by atoms with E-state index in [9.17, 15) is 24.0 Å². The first-order valence-corrected chi connectivity index (χ1v) is 18.6. The third-order valence-electron chi connectivity index (χ3n) is 9.42. The molecule has 0 bridgehead atoms. The Balaban J connectivity index is 1.81. The molecule has 1 aliphatic rings. The van der Waals surface area contributed by atoms with Crippen molar-refractivity contribution in [3.8, 4) is 0 Å². The predicted molar refractivity (Wildman–Crippen MR) is 202 cm³/mol. The summed E-state index contributed by atoms with van der Waals surface area (Å²) < 4.78 is 0. The van der Waals surface area contributed by atoms with Gasteiger partial charge in [-0.2, -0.15) is 0 Å². The number of aryl methyl sites for hydroxylation is 1. The highest BCUT2D eigenvalue weighted by molar-refractivity contribution is 5.97. The SMILES string of the molecule is CC(C)C[C@H](NC(=O)[C@H](CCc1ccccc1)NC(=O)CCCN(C)C)C(=O)N[C@@H](Cc1ccccc1)C(=O)N[C@@H](CC(C)C)C(=O)C1(C)CC1. The van der Waals surface area contributed by atoms with Crippen LogP contribution in [0.2, 0.25) is 0 Å². The second-order valence-corrected chi connectivity index (χ2v) is 15.6. The van der Waals surface area contributed by atoms with Crippen LogP contribution in [0.5, 0.6) is 0 Å². The number of nitrogens with one attached hydrogen (secondary N) is 4. The molecule has 0 aromatic heterocycles. The fourth-order valence-electron chi connectivity index (χ4n) is 6.18. The van der Waals surface area contributed by atoms with Gasteiger partial charge < -0.3 is 26.2 Å². The highest BCUT2D eigenvalue weighted by Crippen LogP contribution is 2.47. The molecule has 0 saturated heterocycles. The van der Waals surface area contributed by atoms with E-state index >= 15 is 0 Å². The first-order valence-electron chi connectivity index (χ1n) is 18.6. The molecule has 4 atom stereocenters. The number of nitrogens with zero attached hydrogens (tertiary/aromatic N) is 1. The third kappa shape index (κ3) is 14.6. The van der Waals surface area contributed by atoms with Gasteiger partial charge in [0.05, 0.1) is 6.04 Å². The summed E-state index contributed by atoms with van der Waals surface area (Å²) in [5.74, 6) is -1.35. The van der Waals surface area contributed by atoms with Crippen LogP contribution in [0.4, 0.5) is 0 Å². The van der Waals surface area contributed by atoms with E-state index in [1.54, 1.807) is 0 Å². The molecule has 0 spiro atoms. The van der Waals surface area contributed by atoms with Crippen molar-refractivity contribution in [2.45, 2.75) is 117 Å². The molecule has 4 N–H and O–H groups in total. The lowest BCUT2D eigenvalue weighted by molar-refractivity contribution is -0.135. The van der Waals surface area contributed by atoms with Crippen LogP contribution in [0.3, 0.4) is 0 Å². The standard InChI is InChI=1S/C41H61N5O5/c1-28(2)25-33(37(48)41(5)22-23-41)43-40(51)35(27-31-17-12-9-13-18-31)45-39(50)34(26-29(3)4)44-38(49)32(21-20-30-15-10-8-11-16-30)42-36(47)19-14-24-46(6)7/h8-13,15-18,28-29,32-35H,14,19-27H2,1-7H3,(H,42,47)(H,43,51)(H,44,49)(H,45,50)/t32-,33-,34-,35-/m0/s1. The van der Waals surface area contributed by atoms with Crippen molar-refractivity contribution in [1.29, 1.82) is 0 Å². The summed E-state index contributed by atoms with van der Waals surface area (Å²) in [6.07, 6.45) is 4.50. The fraction of sp³-hybridized carbons (Fsp3) is 0.585. The highest BCUT2D eigenvalue weighted by atomic mass is 16.2. The number of hydrogen-bond acceptors (Lipinski definition) is 6. The van der Waals surface area contributed by atoms with Crippen LogP contribution in [0.25, 0.3) is 0 Å². The van der Waals surface area contributed by atoms with Crippen molar-refractivity contribution in [3.63, 3.8) is 0 Å². The summed E-state index contributed by atoms with van der Waals surface area (Å²) in [7, 11) is 3.89. The first kappa shape index (κ1) is 41.4. The molecule has 0 heterocycles. The quantitative estimate of drug-likeness (QED) is 0.142. The van der Waals surface area contributed by atoms with Gasteiger partial charge in [-0.3, -0.25) is 24.0 Å². The van der Waals surface area contributed by atoms with Gasteiger partial charge in [0.15, 0.2) is 5.78 Å². The number of benzene rings is 2. The normalized spacial score (nSPS) is 15.8. The highest BCUT2D eigenvalue weighted by Gasteiger charge is 2.48. The monoisotopic (exact) mass is 703 g/mol. The summed E-state index contributed by atoms with van der Waals surface area (Å²) >= 11 is 0. The van der Waals surface area contributed by atoms with Crippen LogP contribution in [-0.2, 0) is 36.8 Å². The van der Waals surface area contributed by atoms with Crippen molar-refractivity contribution in [1.82, 2.24) is 26.2 Å². The lowest BCUT2D eigenvalue weighted by atomic mass is 9.91. The van der Waals surface area contributed by atoms with E-state index < -0.39 is 47.3 Å². The minimum Gasteiger partial charge on any atom is -0.344 e. The smallest absolute Gasteiger partial charge is 0.243 e. The Morgan fingerprint density at radius 2 is 1.16 bits per heavy atom. The molecule has 1 aliphatic carbocycles. The number of carbonyl (C=O) groups is 5. The second-order valence-electron chi connectivity index (χ2n) is 15.6. The number of ketones is 1. The van der Waals surface area contributed by atoms with Gasteiger partial charge in [0.1, 0.15) is 18.1 Å². The maximum absolute atomic E-state index is 14.1. The Kier molecular flexibility index (Phi) is 16.3. The van der Waals surface area contributed by atoms with Gasteiger partial charge in [0, 0.05) is 18.3 Å². The molecule has 0 radical (unpaired) electrons. The van der Waals surface area contributed by atoms with E-state index in [1.165, 1.54) is 0 Å². The number of rotatable bonds is 22. The number of Topliss-reactive ketones (excluding diaryl/α,β-unsaturated/α-hetero) is 1. The van der Waals surface area contributed by atoms with Crippen LogP contribution in [0.15, 0.2) is 60.7 Å². The van der Waals surface area contributed by atoms with E-state index in [-0.39, 0.29) is 36.4 Å². The van der Waals surface area contributed by atoms with E-state index in [2.05, 4.69) is 21.3 Å². The van der Waals surface area contributed by atoms with E-state index in [0.717, 1.165) is 30.5 Å². The van der Waals surface area contributed by atoms with Crippen LogP contribution >= 0.6 is 0 Å². The van der Waals surface area contributed by atoms with Gasteiger partial charge in [0.2, 0.25) is 23.6 Å². The zero-order chi connectivity index (χ0) is 37.6. The lowest BCUT2D eigenvalue weighted by Gasteiger charge is -2.28. The van der Waals surface area contributed by atoms with Crippen molar-refractivity contribution in [2.24, 2.45) is 17.3 Å². The molecule has 0 aliphatic heterocycles. The Labute approximate surface area is 305 Å². The fourth-order valence-corrected chi connectivity index (χ4v) is 6.18. The van der Waals surface area contributed by atoms with Crippen molar-refractivity contribution >= 4 is 29.4 Å². The van der Waals surface area contributed by atoms with Gasteiger partial charge in [-0.15, -0.1) is 0 Å². The Morgan fingerprint density at radius 3 is 1.71 bits per heavy atom. The van der Waals surface area contributed by atoms with Crippen molar-refractivity contribution < 1.29 is 24.0 Å². The molecule has 1 saturated carbocycles. The number of carbonyl (C=O) groups excluding carboxylic acids is 5. The molecule has 280 valence electrons. The first-order chi connectivity index (χ1) is 24.2. The van der Waals surface area contributed by atoms with Crippen LogP contribution in [0, 0.1) is 17.3 Å². The van der Waals surface area contributed by atoms with Crippen LogP contribution in [-0.4, -0.2) is 79.1 Å². The average Bonchev–Trinajstić information content (AvgIpc) is 3.83. The third-order valence-corrected chi connectivity index (χ3v) is 9.42. The zero-order valence-corrected chi connectivity index (χ0v) is 31.8. The van der Waals surface area contributed by atoms with E-state index in [0.29, 0.717) is 32.1 Å². The van der Waals surface area contributed by atoms with Crippen LogP contribution in [0.1, 0.15) is 90.7 Å². The predicted octanol–water partition coefficient (Wildman–Crippen LogP) is 4.60. The van der Waals surface area contributed by atoms with Crippen molar-refractivity contribution in [2.75, 3.05) is 20.6 Å². The molecular formula is C41H61N5O5.